The number of nitrogens with one attached hydrogen (secondary N) is 1. The molecule has 0 unspecified atom stereocenters. The quantitative estimate of drug-likeness (QED) is 0.371. The van der Waals surface area contributed by atoms with E-state index in [0.29, 0.717) is 29.6 Å². The number of carbonyl (C=O) groups is 2. The molecule has 0 aliphatic heterocycles. The number of aromatic nitrogens is 1. The zero-order valence-electron chi connectivity index (χ0n) is 17.7. The van der Waals surface area contributed by atoms with E-state index in [1.54, 1.807) is 6.07 Å². The van der Waals surface area contributed by atoms with Crippen LogP contribution >= 0.6 is 11.8 Å². The van der Waals surface area contributed by atoms with Crippen LogP contribution < -0.4 is 5.32 Å². The monoisotopic (exact) mass is 479 g/mol. The van der Waals surface area contributed by atoms with Gasteiger partial charge in [-0.2, -0.15) is 0 Å². The number of hydrogen-bond acceptors (Lipinski definition) is 7. The average molecular weight is 480 g/mol. The molecule has 1 amide bonds. The molecular formula is C21H22FN3O5S2. The molecule has 1 heterocycles. The number of carbonyl (C=O) groups excluding carboxylic acids is 2. The SMILES string of the molecule is CC(=O)NCCc1ccc(C(=O)CSc2nc3cc(S(=O)(=O)N(C)C)ccc3o2)cc1F. The number of hydrogen-bond donors (Lipinski definition) is 1. The fourth-order valence-electron chi connectivity index (χ4n) is 2.83. The van der Waals surface area contributed by atoms with Crippen LogP contribution in [-0.4, -0.2) is 55.8 Å². The first-order valence-corrected chi connectivity index (χ1v) is 12.0. The van der Waals surface area contributed by atoms with E-state index >= 15 is 0 Å². The molecule has 32 heavy (non-hydrogen) atoms. The lowest BCUT2D eigenvalue weighted by Gasteiger charge is -2.10. The molecule has 0 fully saturated rings. The van der Waals surface area contributed by atoms with Gasteiger partial charge in [-0.05, 0) is 36.2 Å². The minimum Gasteiger partial charge on any atom is -0.431 e. The van der Waals surface area contributed by atoms with Crippen molar-refractivity contribution >= 4 is 44.6 Å². The van der Waals surface area contributed by atoms with Crippen LogP contribution in [0.3, 0.4) is 0 Å². The van der Waals surface area contributed by atoms with E-state index in [1.807, 2.05) is 0 Å². The van der Waals surface area contributed by atoms with Crippen molar-refractivity contribution in [1.29, 1.82) is 0 Å². The summed E-state index contributed by atoms with van der Waals surface area (Å²) in [6.45, 7) is 1.70. The van der Waals surface area contributed by atoms with E-state index in [4.69, 9.17) is 4.42 Å². The van der Waals surface area contributed by atoms with E-state index in [9.17, 15) is 22.4 Å². The van der Waals surface area contributed by atoms with Crippen LogP contribution in [0.1, 0.15) is 22.8 Å². The average Bonchev–Trinajstić information content (AvgIpc) is 3.15. The summed E-state index contributed by atoms with van der Waals surface area (Å²) in [5.74, 6) is -1.03. The number of thioether (sulfide) groups is 1. The molecule has 0 spiro atoms. The number of halogens is 1. The first-order chi connectivity index (χ1) is 15.1. The Bertz CT molecular complexity index is 1270. The van der Waals surface area contributed by atoms with Gasteiger partial charge < -0.3 is 9.73 Å². The first-order valence-electron chi connectivity index (χ1n) is 9.60. The third kappa shape index (κ3) is 5.53. The summed E-state index contributed by atoms with van der Waals surface area (Å²) in [5.41, 5.74) is 1.38. The number of nitrogens with zero attached hydrogens (tertiary/aromatic N) is 2. The second kappa shape index (κ2) is 9.80. The Morgan fingerprint density at radius 3 is 2.59 bits per heavy atom. The molecular weight excluding hydrogens is 457 g/mol. The summed E-state index contributed by atoms with van der Waals surface area (Å²) in [4.78, 5) is 27.7. The molecule has 0 aliphatic carbocycles. The number of oxazole rings is 1. The fraction of sp³-hybridized carbons (Fsp3) is 0.286. The van der Waals surface area contributed by atoms with Crippen molar-refractivity contribution in [3.05, 3.63) is 53.3 Å². The highest BCUT2D eigenvalue weighted by atomic mass is 32.2. The summed E-state index contributed by atoms with van der Waals surface area (Å²) in [6.07, 6.45) is 0.322. The summed E-state index contributed by atoms with van der Waals surface area (Å²) in [6, 6.07) is 8.60. The second-order valence-corrected chi connectivity index (χ2v) is 10.2. The third-order valence-electron chi connectivity index (χ3n) is 4.59. The van der Waals surface area contributed by atoms with Crippen LogP contribution in [0.15, 0.2) is 50.9 Å². The predicted molar refractivity (Wildman–Crippen MR) is 119 cm³/mol. The lowest BCUT2D eigenvalue weighted by molar-refractivity contribution is -0.118. The van der Waals surface area contributed by atoms with Gasteiger partial charge in [0.25, 0.3) is 5.22 Å². The summed E-state index contributed by atoms with van der Waals surface area (Å²) < 4.78 is 45.5. The van der Waals surface area contributed by atoms with Crippen LogP contribution in [0.5, 0.6) is 0 Å². The van der Waals surface area contributed by atoms with Gasteiger partial charge in [-0.25, -0.2) is 22.1 Å². The van der Waals surface area contributed by atoms with Crippen LogP contribution in [0.25, 0.3) is 11.1 Å². The van der Waals surface area contributed by atoms with Crippen molar-refractivity contribution in [2.45, 2.75) is 23.5 Å². The topological polar surface area (TPSA) is 110 Å². The second-order valence-electron chi connectivity index (χ2n) is 7.15. The molecule has 11 heteroatoms. The molecule has 3 rings (SSSR count). The van der Waals surface area contributed by atoms with Crippen LogP contribution in [0.2, 0.25) is 0 Å². The van der Waals surface area contributed by atoms with Gasteiger partial charge in [0.1, 0.15) is 11.3 Å². The van der Waals surface area contributed by atoms with Gasteiger partial charge in [0.2, 0.25) is 15.9 Å². The number of ketones is 1. The van der Waals surface area contributed by atoms with Crippen LogP contribution in [-0.2, 0) is 21.2 Å². The van der Waals surface area contributed by atoms with Gasteiger partial charge in [0, 0.05) is 33.1 Å². The number of fused-ring (bicyclic) bond motifs is 1. The number of amides is 1. The largest absolute Gasteiger partial charge is 0.431 e. The van der Waals surface area contributed by atoms with Crippen molar-refractivity contribution in [3.8, 4) is 0 Å². The van der Waals surface area contributed by atoms with Crippen molar-refractivity contribution in [1.82, 2.24) is 14.6 Å². The molecule has 1 aromatic heterocycles. The van der Waals surface area contributed by atoms with Crippen molar-refractivity contribution in [3.63, 3.8) is 0 Å². The molecule has 0 saturated heterocycles. The first kappa shape index (κ1) is 23.9. The molecule has 0 atom stereocenters. The Kier molecular flexibility index (Phi) is 7.32. The molecule has 0 aliphatic rings. The smallest absolute Gasteiger partial charge is 0.257 e. The molecule has 2 aromatic carbocycles. The minimum absolute atomic E-state index is 0.0274. The van der Waals surface area contributed by atoms with Crippen LogP contribution in [0.4, 0.5) is 4.39 Å². The molecule has 0 saturated carbocycles. The molecule has 170 valence electrons. The standard InChI is InChI=1S/C21H22FN3O5S2/c1-13(26)23-9-8-14-4-5-15(10-17(14)22)19(27)12-31-21-24-18-11-16(6-7-20(18)30-21)32(28,29)25(2)3/h4-7,10-11H,8-9,12H2,1-3H3,(H,23,26). The van der Waals surface area contributed by atoms with E-state index in [2.05, 4.69) is 10.3 Å². The van der Waals surface area contributed by atoms with E-state index < -0.39 is 15.8 Å². The molecule has 3 aromatic rings. The predicted octanol–water partition coefficient (Wildman–Crippen LogP) is 2.87. The summed E-state index contributed by atoms with van der Waals surface area (Å²) in [5, 5.41) is 2.80. The Balaban J connectivity index is 1.66. The third-order valence-corrected chi connectivity index (χ3v) is 7.23. The van der Waals surface area contributed by atoms with E-state index in [-0.39, 0.29) is 33.1 Å². The zero-order chi connectivity index (χ0) is 23.5. The maximum absolute atomic E-state index is 14.3. The highest BCUT2D eigenvalue weighted by molar-refractivity contribution is 7.99. The maximum Gasteiger partial charge on any atom is 0.257 e. The Morgan fingerprint density at radius 1 is 1.19 bits per heavy atom. The Labute approximate surface area is 189 Å². The zero-order valence-corrected chi connectivity index (χ0v) is 19.3. The van der Waals surface area contributed by atoms with Crippen molar-refractivity contribution in [2.24, 2.45) is 0 Å². The molecule has 0 radical (unpaired) electrons. The number of sulfonamides is 1. The number of Topliss-reactive ketones (excluding diaryl/α,β-unsaturated/α-hetero) is 1. The van der Waals surface area contributed by atoms with Crippen molar-refractivity contribution in [2.75, 3.05) is 26.4 Å². The Morgan fingerprint density at radius 2 is 1.94 bits per heavy atom. The summed E-state index contributed by atoms with van der Waals surface area (Å²) >= 11 is 1.04. The highest BCUT2D eigenvalue weighted by Gasteiger charge is 2.19. The molecule has 0 bridgehead atoms. The lowest BCUT2D eigenvalue weighted by Crippen LogP contribution is -2.22. The molecule has 8 nitrogen and oxygen atoms in total. The van der Waals surface area contributed by atoms with Gasteiger partial charge >= 0.3 is 0 Å². The minimum atomic E-state index is -3.60. The lowest BCUT2D eigenvalue weighted by atomic mass is 10.1. The van der Waals surface area contributed by atoms with Gasteiger partial charge in [-0.15, -0.1) is 0 Å². The highest BCUT2D eigenvalue weighted by Crippen LogP contribution is 2.27. The number of rotatable bonds is 9. The van der Waals surface area contributed by atoms with Gasteiger partial charge in [-0.3, -0.25) is 9.59 Å². The summed E-state index contributed by atoms with van der Waals surface area (Å²) in [7, 11) is -0.728. The Hall–Kier alpha value is -2.76. The van der Waals surface area contributed by atoms with E-state index in [1.165, 1.54) is 51.4 Å². The number of benzene rings is 2. The van der Waals surface area contributed by atoms with Crippen molar-refractivity contribution < 1.29 is 26.8 Å². The van der Waals surface area contributed by atoms with Gasteiger partial charge in [0.05, 0.1) is 10.6 Å². The maximum atomic E-state index is 14.3. The molecule has 1 N–H and O–H groups in total. The van der Waals surface area contributed by atoms with E-state index in [0.717, 1.165) is 16.1 Å². The van der Waals surface area contributed by atoms with Crippen LogP contribution in [0, 0.1) is 5.82 Å². The van der Waals surface area contributed by atoms with Gasteiger partial charge in [0.15, 0.2) is 11.4 Å². The normalized spacial score (nSPS) is 11.8. The van der Waals surface area contributed by atoms with Gasteiger partial charge in [-0.1, -0.05) is 23.9 Å². The fourth-order valence-corrected chi connectivity index (χ4v) is 4.48.